The third kappa shape index (κ3) is 19.3. The Kier molecular flexibility index (Phi) is 27.5. The standard InChI is InChI=1S/C78H84N6O20/c1-6-57-61(48(2)59(81-83-79)76(98-57)102-67-65(93-44-52-32-18-9-19-33-52)62(49(3)97-69(67)74(87)89-4)100-73(86)56-40-26-13-27-41-56)101-78-71(95-46-54-36-22-11-23-37-54)66(94-45-53-34-20-10-21-35-53)68(70(104-78)75(88)90-5)103-77-60(82-84-80)64(92-43-51-30-16-8-17-31-51)63(91-42-50-28-14-7-15-29-50)58(99-77)47-96-72(85)55-38-24-12-25-39-55/h7-41,48-49,57-71,76-78H,6,42-47H2,1-5H3/t48-,49+,57?,58?,59?,60?,61-,62?,63+,64-,65+,66+,67-,68-,69?,70?,71?,76+,77+,78-/m1/s1. The molecule has 546 valence electrons. The predicted molar refractivity (Wildman–Crippen MR) is 372 cm³/mol. The second kappa shape index (κ2) is 37.8. The van der Waals surface area contributed by atoms with Gasteiger partial charge in [-0.3, -0.25) is 0 Å². The number of carbonyl (C=O) groups is 4. The van der Waals surface area contributed by atoms with Gasteiger partial charge in [0.25, 0.3) is 0 Å². The second-order valence-electron chi connectivity index (χ2n) is 25.3. The van der Waals surface area contributed by atoms with Crippen LogP contribution in [0.3, 0.4) is 0 Å². The van der Waals surface area contributed by atoms with Crippen molar-refractivity contribution in [1.82, 2.24) is 0 Å². The number of rotatable bonds is 31. The van der Waals surface area contributed by atoms with Crippen molar-refractivity contribution in [2.24, 2.45) is 16.1 Å². The first kappa shape index (κ1) is 75.7. The Morgan fingerprint density at radius 3 is 1.20 bits per heavy atom. The van der Waals surface area contributed by atoms with E-state index >= 15 is 0 Å². The zero-order valence-corrected chi connectivity index (χ0v) is 58.1. The molecule has 26 nitrogen and oxygen atoms in total. The van der Waals surface area contributed by atoms with Crippen LogP contribution in [-0.4, -0.2) is 161 Å². The number of nitrogens with zero attached hydrogens (tertiary/aromatic N) is 6. The molecule has 0 N–H and O–H groups in total. The molecule has 7 aromatic rings. The summed E-state index contributed by atoms with van der Waals surface area (Å²) in [5.74, 6) is -4.07. The summed E-state index contributed by atoms with van der Waals surface area (Å²) < 4.78 is 106. The van der Waals surface area contributed by atoms with Crippen LogP contribution in [0.25, 0.3) is 20.9 Å². The maximum absolute atomic E-state index is 14.9. The minimum absolute atomic E-state index is 0.0144. The Balaban J connectivity index is 0.960. The van der Waals surface area contributed by atoms with Crippen LogP contribution < -0.4 is 0 Å². The first-order valence-electron chi connectivity index (χ1n) is 34.4. The molecular weight excluding hydrogens is 1340 g/mol. The van der Waals surface area contributed by atoms with Crippen molar-refractivity contribution in [1.29, 1.82) is 0 Å². The lowest BCUT2D eigenvalue weighted by molar-refractivity contribution is -0.372. The summed E-state index contributed by atoms with van der Waals surface area (Å²) in [7, 11) is 2.36. The van der Waals surface area contributed by atoms with E-state index in [4.69, 9.17) is 75.8 Å². The molecule has 4 saturated heterocycles. The highest BCUT2D eigenvalue weighted by molar-refractivity contribution is 5.90. The fraction of sp³-hybridized carbons (Fsp3) is 0.410. The van der Waals surface area contributed by atoms with E-state index < -0.39 is 153 Å². The van der Waals surface area contributed by atoms with Gasteiger partial charge in [-0.05, 0) is 82.4 Å². The van der Waals surface area contributed by atoms with E-state index in [1.165, 1.54) is 14.2 Å². The summed E-state index contributed by atoms with van der Waals surface area (Å²) in [5.41, 5.74) is 25.3. The summed E-state index contributed by atoms with van der Waals surface area (Å²) >= 11 is 0. The molecule has 104 heavy (non-hydrogen) atoms. The zero-order chi connectivity index (χ0) is 72.7. The lowest BCUT2D eigenvalue weighted by Crippen LogP contribution is -2.67. The van der Waals surface area contributed by atoms with Crippen LogP contribution in [0.2, 0.25) is 0 Å². The van der Waals surface area contributed by atoms with E-state index in [9.17, 15) is 30.2 Å². The molecule has 20 atom stereocenters. The van der Waals surface area contributed by atoms with Gasteiger partial charge in [0.05, 0.1) is 82.7 Å². The molecule has 4 aliphatic rings. The summed E-state index contributed by atoms with van der Waals surface area (Å²) in [6.07, 6.45) is -22.8. The van der Waals surface area contributed by atoms with Crippen LogP contribution in [0, 0.1) is 5.92 Å². The molecule has 0 saturated carbocycles. The van der Waals surface area contributed by atoms with Crippen molar-refractivity contribution in [3.63, 3.8) is 0 Å². The first-order valence-corrected chi connectivity index (χ1v) is 34.4. The average molecular weight is 1430 g/mol. The molecule has 4 heterocycles. The number of ether oxygens (including phenoxy) is 16. The maximum Gasteiger partial charge on any atom is 0.338 e. The molecule has 0 aliphatic carbocycles. The van der Waals surface area contributed by atoms with Crippen molar-refractivity contribution < 1.29 is 95.0 Å². The molecule has 26 heteroatoms. The van der Waals surface area contributed by atoms with Gasteiger partial charge in [0.2, 0.25) is 0 Å². The molecule has 0 radical (unpaired) electrons. The minimum Gasteiger partial charge on any atom is -0.467 e. The van der Waals surface area contributed by atoms with Gasteiger partial charge in [0.15, 0.2) is 37.2 Å². The summed E-state index contributed by atoms with van der Waals surface area (Å²) in [6, 6.07) is 60.3. The van der Waals surface area contributed by atoms with Gasteiger partial charge in [-0.25, -0.2) is 19.2 Å². The average Bonchev–Trinajstić information content (AvgIpc) is 0.765. The Bertz CT molecular complexity index is 3930. The smallest absolute Gasteiger partial charge is 0.338 e. The van der Waals surface area contributed by atoms with Gasteiger partial charge in [-0.2, -0.15) is 0 Å². The molecule has 8 unspecified atom stereocenters. The lowest BCUT2D eigenvalue weighted by Gasteiger charge is -2.51. The van der Waals surface area contributed by atoms with Crippen LogP contribution in [0.5, 0.6) is 0 Å². The Morgan fingerprint density at radius 2 is 0.760 bits per heavy atom. The number of hydrogen-bond donors (Lipinski definition) is 0. The van der Waals surface area contributed by atoms with E-state index in [1.54, 1.807) is 74.5 Å². The highest BCUT2D eigenvalue weighted by Gasteiger charge is 2.59. The molecule has 7 aromatic carbocycles. The van der Waals surface area contributed by atoms with E-state index in [1.807, 2.05) is 159 Å². The first-order chi connectivity index (χ1) is 50.9. The number of carbonyl (C=O) groups excluding carboxylic acids is 4. The van der Waals surface area contributed by atoms with Gasteiger partial charge in [0.1, 0.15) is 61.5 Å². The number of benzene rings is 7. The van der Waals surface area contributed by atoms with Gasteiger partial charge >= 0.3 is 23.9 Å². The zero-order valence-electron chi connectivity index (χ0n) is 58.1. The van der Waals surface area contributed by atoms with Gasteiger partial charge in [0, 0.05) is 9.82 Å². The largest absolute Gasteiger partial charge is 0.467 e. The Hall–Kier alpha value is -9.44. The highest BCUT2D eigenvalue weighted by Crippen LogP contribution is 2.42. The normalized spacial score (nSPS) is 28.8. The van der Waals surface area contributed by atoms with Crippen molar-refractivity contribution >= 4 is 23.9 Å². The van der Waals surface area contributed by atoms with E-state index in [0.29, 0.717) is 11.1 Å². The maximum atomic E-state index is 14.9. The van der Waals surface area contributed by atoms with Crippen LogP contribution >= 0.6 is 0 Å². The highest BCUT2D eigenvalue weighted by atomic mass is 16.8. The molecule has 11 rings (SSSR count). The van der Waals surface area contributed by atoms with Gasteiger partial charge in [-0.1, -0.05) is 212 Å². The lowest BCUT2D eigenvalue weighted by atomic mass is 9.87. The molecule has 0 aromatic heterocycles. The second-order valence-corrected chi connectivity index (χ2v) is 25.3. The van der Waals surface area contributed by atoms with Crippen molar-refractivity contribution in [2.45, 2.75) is 177 Å². The fourth-order valence-electron chi connectivity index (χ4n) is 13.1. The van der Waals surface area contributed by atoms with Crippen molar-refractivity contribution in [2.75, 3.05) is 20.8 Å². The third-order valence-electron chi connectivity index (χ3n) is 18.5. The van der Waals surface area contributed by atoms with Gasteiger partial charge < -0.3 is 75.8 Å². The summed E-state index contributed by atoms with van der Waals surface area (Å²) in [5, 5.41) is 8.59. The summed E-state index contributed by atoms with van der Waals surface area (Å²) in [4.78, 5) is 63.4. The monoisotopic (exact) mass is 1420 g/mol. The number of methoxy groups -OCH3 is 2. The number of azide groups is 2. The van der Waals surface area contributed by atoms with Crippen molar-refractivity contribution in [3.05, 3.63) is 272 Å². The van der Waals surface area contributed by atoms with Crippen LogP contribution in [-0.2, 0) is 118 Å². The molecule has 0 amide bonds. The fourth-order valence-corrected chi connectivity index (χ4v) is 13.1. The Morgan fingerprint density at radius 1 is 0.394 bits per heavy atom. The minimum atomic E-state index is -1.78. The third-order valence-corrected chi connectivity index (χ3v) is 18.5. The van der Waals surface area contributed by atoms with Crippen LogP contribution in [0.4, 0.5) is 0 Å². The van der Waals surface area contributed by atoms with E-state index in [0.717, 1.165) is 16.7 Å². The molecule has 0 spiro atoms. The number of esters is 4. The van der Waals surface area contributed by atoms with E-state index in [-0.39, 0.29) is 50.6 Å². The van der Waals surface area contributed by atoms with Crippen molar-refractivity contribution in [3.8, 4) is 0 Å². The molecule has 4 fully saturated rings. The summed E-state index contributed by atoms with van der Waals surface area (Å²) in [6.45, 7) is 4.53. The van der Waals surface area contributed by atoms with Crippen LogP contribution in [0.1, 0.15) is 75.7 Å². The number of hydrogen-bond acceptors (Lipinski definition) is 22. The molecular formula is C78H84N6O20. The Labute approximate surface area is 602 Å². The van der Waals surface area contributed by atoms with Crippen LogP contribution in [0.15, 0.2) is 223 Å². The quantitative estimate of drug-likeness (QED) is 0.0128. The molecule has 4 aliphatic heterocycles. The SMILES string of the molecule is CCC1O[C@@H](O[C@H]2C(C(=O)OC)O[C@@H](C)C(OC(=O)c3ccccc3)[C@@H]2OCc2ccccc2)C(N=[N+]=[N-])[C@@H](C)[C@H]1O[C@@H]1OC(C(=O)OC)[C@H](O[C@@H]2OC(COC(=O)c3ccccc3)[C@H](OCc3ccccc3)[C@H](OCc3ccccc3)C2N=[N+]=[N-])[C@H](OCc2ccccc2)C1OCc1ccccc1. The van der Waals surface area contributed by atoms with Gasteiger partial charge in [-0.15, -0.1) is 0 Å². The molecule has 0 bridgehead atoms. The predicted octanol–water partition coefficient (Wildman–Crippen LogP) is 11.9. The topological polar surface area (TPSA) is 313 Å². The van der Waals surface area contributed by atoms with E-state index in [2.05, 4.69) is 20.1 Å².